The third-order valence-corrected chi connectivity index (χ3v) is 7.50. The summed E-state index contributed by atoms with van der Waals surface area (Å²) in [6.45, 7) is 0.507. The van der Waals surface area contributed by atoms with Crippen LogP contribution in [0, 0.1) is 11.6 Å². The topological polar surface area (TPSA) is 73.1 Å². The van der Waals surface area contributed by atoms with Gasteiger partial charge in [0.15, 0.2) is 5.76 Å². The maximum absolute atomic E-state index is 15.4. The van der Waals surface area contributed by atoms with Crippen LogP contribution in [-0.4, -0.2) is 76.5 Å². The molecule has 0 aliphatic carbocycles. The summed E-state index contributed by atoms with van der Waals surface area (Å²) < 4.78 is 49.3. The number of hydrogen-bond acceptors (Lipinski definition) is 5. The van der Waals surface area contributed by atoms with Crippen LogP contribution in [0.3, 0.4) is 0 Å². The molecule has 7 nitrogen and oxygen atoms in total. The lowest BCUT2D eigenvalue weighted by molar-refractivity contribution is 0.0313. The number of halogens is 3. The molecule has 2 aliphatic rings. The number of benzene rings is 2. The van der Waals surface area contributed by atoms with E-state index in [-0.39, 0.29) is 18.7 Å². The smallest absolute Gasteiger partial charge is 0.321 e. The number of piperidine rings is 1. The molecule has 0 radical (unpaired) electrons. The second kappa shape index (κ2) is 10.6. The molecule has 3 heterocycles. The third-order valence-electron chi connectivity index (χ3n) is 7.50. The minimum Gasteiger partial charge on any atom is -0.393 e. The van der Waals surface area contributed by atoms with E-state index in [1.807, 2.05) is 4.90 Å². The Morgan fingerprint density at radius 3 is 2.68 bits per heavy atom. The maximum atomic E-state index is 15.4. The number of hydrogen-bond donors (Lipinski definition) is 1. The lowest BCUT2D eigenvalue weighted by atomic mass is 9.89. The zero-order valence-corrected chi connectivity index (χ0v) is 20.9. The van der Waals surface area contributed by atoms with Gasteiger partial charge in [-0.3, -0.25) is 4.90 Å². The molecule has 2 aliphatic heterocycles. The Labute approximate surface area is 218 Å². The highest BCUT2D eigenvalue weighted by atomic mass is 19.1. The Hall–Kier alpha value is -3.63. The van der Waals surface area contributed by atoms with Crippen molar-refractivity contribution in [2.45, 2.75) is 30.7 Å². The molecule has 1 saturated heterocycles. The molecule has 3 aromatic rings. The van der Waals surface area contributed by atoms with E-state index in [2.05, 4.69) is 5.16 Å². The first kappa shape index (κ1) is 26.0. The van der Waals surface area contributed by atoms with Crippen molar-refractivity contribution in [3.63, 3.8) is 0 Å². The first-order valence-electron chi connectivity index (χ1n) is 12.5. The SMILES string of the molecule is CN(C(=O)N1CC(c2cc(F)ccc2F)=C[C@@]1(CO)c1ccccc1)C1CCN(Cc2ccno2)CC1F. The highest BCUT2D eigenvalue weighted by Gasteiger charge is 2.47. The fourth-order valence-corrected chi connectivity index (χ4v) is 5.47. The standard InChI is InChI=1S/C28H29F3N4O3/c1-33(26-10-12-34(17-25(26)31)16-22-9-11-32-38-22)27(37)35-15-19(23-13-21(29)7-8-24(23)30)14-28(35,18-36)20-5-3-2-4-6-20/h2-9,11,13-14,25-26,36H,10,12,15-18H2,1H3/t25?,26?,28-/m1/s1. The summed E-state index contributed by atoms with van der Waals surface area (Å²) in [6, 6.07) is 12.5. The Kier molecular flexibility index (Phi) is 7.27. The predicted octanol–water partition coefficient (Wildman–Crippen LogP) is 4.20. The number of nitrogens with zero attached hydrogens (tertiary/aromatic N) is 4. The van der Waals surface area contributed by atoms with Gasteiger partial charge in [0.2, 0.25) is 0 Å². The van der Waals surface area contributed by atoms with Gasteiger partial charge < -0.3 is 19.4 Å². The number of urea groups is 1. The van der Waals surface area contributed by atoms with Gasteiger partial charge in [0, 0.05) is 38.3 Å². The van der Waals surface area contributed by atoms with Crippen molar-refractivity contribution >= 4 is 11.6 Å². The van der Waals surface area contributed by atoms with E-state index in [0.717, 1.165) is 18.2 Å². The van der Waals surface area contributed by atoms with Gasteiger partial charge in [-0.15, -0.1) is 0 Å². The van der Waals surface area contributed by atoms with E-state index in [9.17, 15) is 18.7 Å². The van der Waals surface area contributed by atoms with E-state index in [1.54, 1.807) is 49.5 Å². The Morgan fingerprint density at radius 2 is 2.00 bits per heavy atom. The minimum atomic E-state index is -1.33. The Morgan fingerprint density at radius 1 is 1.21 bits per heavy atom. The van der Waals surface area contributed by atoms with Crippen LogP contribution in [0.5, 0.6) is 0 Å². The Balaban J connectivity index is 1.42. The molecule has 0 spiro atoms. The summed E-state index contributed by atoms with van der Waals surface area (Å²) in [4.78, 5) is 18.6. The van der Waals surface area contributed by atoms with E-state index in [1.165, 1.54) is 16.0 Å². The van der Waals surface area contributed by atoms with Gasteiger partial charge in [-0.2, -0.15) is 0 Å². The number of aromatic nitrogens is 1. The molecule has 0 bridgehead atoms. The quantitative estimate of drug-likeness (QED) is 0.521. The van der Waals surface area contributed by atoms with Crippen molar-refractivity contribution in [3.05, 3.63) is 95.4 Å². The summed E-state index contributed by atoms with van der Waals surface area (Å²) in [6.07, 6.45) is 2.22. The van der Waals surface area contributed by atoms with Crippen LogP contribution in [-0.2, 0) is 12.1 Å². The predicted molar refractivity (Wildman–Crippen MR) is 134 cm³/mol. The van der Waals surface area contributed by atoms with Crippen LogP contribution >= 0.6 is 0 Å². The molecule has 1 aromatic heterocycles. The molecular formula is C28H29F3N4O3. The number of aliphatic hydroxyl groups excluding tert-OH is 1. The normalized spacial score (nSPS) is 23.9. The largest absolute Gasteiger partial charge is 0.393 e. The number of likely N-dealkylation sites (tertiary alicyclic amines) is 1. The van der Waals surface area contributed by atoms with E-state index < -0.39 is 42.0 Å². The van der Waals surface area contributed by atoms with Gasteiger partial charge >= 0.3 is 6.03 Å². The third kappa shape index (κ3) is 4.81. The second-order valence-corrected chi connectivity index (χ2v) is 9.81. The number of rotatable bonds is 6. The van der Waals surface area contributed by atoms with Crippen LogP contribution in [0.2, 0.25) is 0 Å². The molecule has 200 valence electrons. The second-order valence-electron chi connectivity index (χ2n) is 9.81. The lowest BCUT2D eigenvalue weighted by Crippen LogP contribution is -2.58. The summed E-state index contributed by atoms with van der Waals surface area (Å²) in [5.74, 6) is -0.616. The fraction of sp³-hybridized carbons (Fsp3) is 0.357. The molecule has 3 atom stereocenters. The first-order chi connectivity index (χ1) is 18.3. The molecule has 5 rings (SSSR count). The number of carbonyl (C=O) groups excluding carboxylic acids is 1. The van der Waals surface area contributed by atoms with E-state index in [0.29, 0.717) is 36.4 Å². The van der Waals surface area contributed by atoms with Crippen molar-refractivity contribution in [2.24, 2.45) is 0 Å². The van der Waals surface area contributed by atoms with Crippen LogP contribution in [0.25, 0.3) is 5.57 Å². The minimum absolute atomic E-state index is 0.0146. The van der Waals surface area contributed by atoms with Crippen LogP contribution < -0.4 is 0 Å². The molecule has 2 aromatic carbocycles. The number of aliphatic hydroxyl groups is 1. The molecule has 1 fully saturated rings. The van der Waals surface area contributed by atoms with E-state index >= 15 is 4.39 Å². The monoisotopic (exact) mass is 526 g/mol. The van der Waals surface area contributed by atoms with Crippen molar-refractivity contribution in [2.75, 3.05) is 33.3 Å². The lowest BCUT2D eigenvalue weighted by Gasteiger charge is -2.43. The fourth-order valence-electron chi connectivity index (χ4n) is 5.47. The average molecular weight is 527 g/mol. The summed E-state index contributed by atoms with van der Waals surface area (Å²) >= 11 is 0. The number of amides is 2. The van der Waals surface area contributed by atoms with Crippen molar-refractivity contribution in [3.8, 4) is 0 Å². The molecular weight excluding hydrogens is 497 g/mol. The molecule has 2 unspecified atom stereocenters. The molecule has 1 N–H and O–H groups in total. The summed E-state index contributed by atoms with van der Waals surface area (Å²) in [5, 5.41) is 14.3. The van der Waals surface area contributed by atoms with Crippen LogP contribution in [0.4, 0.5) is 18.0 Å². The maximum Gasteiger partial charge on any atom is 0.321 e. The highest BCUT2D eigenvalue weighted by Crippen LogP contribution is 2.41. The number of carbonyl (C=O) groups is 1. The first-order valence-corrected chi connectivity index (χ1v) is 12.5. The van der Waals surface area contributed by atoms with Crippen molar-refractivity contribution < 1.29 is 27.6 Å². The van der Waals surface area contributed by atoms with Gasteiger partial charge in [-0.1, -0.05) is 35.5 Å². The molecule has 0 saturated carbocycles. The van der Waals surface area contributed by atoms with Crippen molar-refractivity contribution in [1.29, 1.82) is 0 Å². The molecule has 2 amide bonds. The molecule has 38 heavy (non-hydrogen) atoms. The highest BCUT2D eigenvalue weighted by molar-refractivity contribution is 5.83. The average Bonchev–Trinajstić information content (AvgIpc) is 3.58. The van der Waals surface area contributed by atoms with Gasteiger partial charge in [0.05, 0.1) is 25.4 Å². The number of alkyl halides is 1. The van der Waals surface area contributed by atoms with Crippen LogP contribution in [0.1, 0.15) is 23.3 Å². The zero-order valence-electron chi connectivity index (χ0n) is 20.9. The van der Waals surface area contributed by atoms with Crippen LogP contribution in [0.15, 0.2) is 71.4 Å². The Bertz CT molecular complexity index is 1300. The van der Waals surface area contributed by atoms with Gasteiger partial charge in [-0.05, 0) is 41.8 Å². The van der Waals surface area contributed by atoms with Gasteiger partial charge in [-0.25, -0.2) is 18.0 Å². The van der Waals surface area contributed by atoms with E-state index in [4.69, 9.17) is 4.52 Å². The van der Waals surface area contributed by atoms with Crippen molar-refractivity contribution in [1.82, 2.24) is 19.9 Å². The van der Waals surface area contributed by atoms with Gasteiger partial charge in [0.25, 0.3) is 0 Å². The van der Waals surface area contributed by atoms with Gasteiger partial charge in [0.1, 0.15) is 23.3 Å². The summed E-state index contributed by atoms with van der Waals surface area (Å²) in [7, 11) is 1.54. The molecule has 10 heteroatoms. The summed E-state index contributed by atoms with van der Waals surface area (Å²) in [5.41, 5.74) is -0.352. The zero-order chi connectivity index (χ0) is 26.9.